The van der Waals surface area contributed by atoms with Gasteiger partial charge in [0.2, 0.25) is 0 Å². The Kier molecular flexibility index (Phi) is 6.74. The molecule has 0 unspecified atom stereocenters. The molecular formula is C18H21NO2S2. The van der Waals surface area contributed by atoms with Gasteiger partial charge in [-0.2, -0.15) is 0 Å². The Labute approximate surface area is 148 Å². The number of benzene rings is 2. The molecule has 0 aliphatic heterocycles. The van der Waals surface area contributed by atoms with E-state index in [0.29, 0.717) is 15.7 Å². The zero-order chi connectivity index (χ0) is 16.7. The van der Waals surface area contributed by atoms with Gasteiger partial charge in [0.15, 0.2) is 10.8 Å². The highest BCUT2D eigenvalue weighted by Gasteiger charge is 2.14. The smallest absolute Gasteiger partial charge is 0.190 e. The van der Waals surface area contributed by atoms with E-state index in [1.54, 1.807) is 7.11 Å². The van der Waals surface area contributed by atoms with Crippen molar-refractivity contribution in [1.29, 1.82) is 0 Å². The Balaban J connectivity index is 2.35. The molecular weight excluding hydrogens is 326 g/mol. The first kappa shape index (κ1) is 17.6. The van der Waals surface area contributed by atoms with Gasteiger partial charge in [0, 0.05) is 17.0 Å². The molecule has 0 saturated heterocycles. The number of thiocarbonyl (C=S) groups is 1. The molecule has 2 rings (SSSR count). The van der Waals surface area contributed by atoms with Crippen LogP contribution in [0, 0.1) is 0 Å². The summed E-state index contributed by atoms with van der Waals surface area (Å²) >= 11 is 9.79. The van der Waals surface area contributed by atoms with E-state index in [1.165, 1.54) is 0 Å². The largest absolute Gasteiger partial charge is 0.486 e. The first-order valence-electron chi connectivity index (χ1n) is 7.57. The molecule has 0 aliphatic rings. The van der Waals surface area contributed by atoms with E-state index >= 15 is 0 Å². The Morgan fingerprint density at radius 2 is 1.96 bits per heavy atom. The summed E-state index contributed by atoms with van der Waals surface area (Å²) in [5.41, 5.74) is 1.68. The molecule has 2 aromatic rings. The van der Waals surface area contributed by atoms with E-state index in [1.807, 2.05) is 42.5 Å². The zero-order valence-corrected chi connectivity index (χ0v) is 15.0. The number of ether oxygens (including phenoxy) is 2. The number of thiol groups is 1. The fourth-order valence-corrected chi connectivity index (χ4v) is 2.52. The maximum absolute atomic E-state index is 6.02. The molecule has 23 heavy (non-hydrogen) atoms. The molecule has 0 fully saturated rings. The lowest BCUT2D eigenvalue weighted by atomic mass is 10.2. The fourth-order valence-electron chi connectivity index (χ4n) is 2.09. The minimum absolute atomic E-state index is 0.435. The van der Waals surface area contributed by atoms with Crippen molar-refractivity contribution in [1.82, 2.24) is 0 Å². The molecule has 0 radical (unpaired) electrons. The van der Waals surface area contributed by atoms with Crippen LogP contribution in [0.25, 0.3) is 0 Å². The van der Waals surface area contributed by atoms with Gasteiger partial charge in [0.05, 0.1) is 12.8 Å². The molecule has 0 saturated carbocycles. The Morgan fingerprint density at radius 1 is 1.22 bits per heavy atom. The van der Waals surface area contributed by atoms with Gasteiger partial charge in [0.25, 0.3) is 0 Å². The number of para-hydroxylation sites is 1. The van der Waals surface area contributed by atoms with E-state index in [-0.39, 0.29) is 0 Å². The van der Waals surface area contributed by atoms with Crippen LogP contribution in [0.5, 0.6) is 11.5 Å². The van der Waals surface area contributed by atoms with Crippen LogP contribution in [0.2, 0.25) is 0 Å². The molecule has 122 valence electrons. The first-order chi connectivity index (χ1) is 11.2. The van der Waals surface area contributed by atoms with Crippen molar-refractivity contribution in [3.8, 4) is 11.5 Å². The van der Waals surface area contributed by atoms with Gasteiger partial charge >= 0.3 is 0 Å². The van der Waals surface area contributed by atoms with Crippen LogP contribution in [0.3, 0.4) is 0 Å². The van der Waals surface area contributed by atoms with Crippen molar-refractivity contribution in [3.63, 3.8) is 0 Å². The van der Waals surface area contributed by atoms with Gasteiger partial charge in [-0.3, -0.25) is 0 Å². The van der Waals surface area contributed by atoms with Gasteiger partial charge in [-0.1, -0.05) is 31.5 Å². The lowest BCUT2D eigenvalue weighted by Gasteiger charge is -2.17. The second-order valence-corrected chi connectivity index (χ2v) is 5.91. The third kappa shape index (κ3) is 4.88. The van der Waals surface area contributed by atoms with Gasteiger partial charge in [-0.25, -0.2) is 0 Å². The second-order valence-electron chi connectivity index (χ2n) is 5.06. The summed E-state index contributed by atoms with van der Waals surface area (Å²) in [6.07, 6.45) is 2.19. The minimum atomic E-state index is 0.435. The lowest BCUT2D eigenvalue weighted by Crippen LogP contribution is -2.06. The van der Waals surface area contributed by atoms with E-state index in [0.717, 1.165) is 36.4 Å². The molecule has 1 N–H and O–H groups in total. The summed E-state index contributed by atoms with van der Waals surface area (Å²) in [6, 6.07) is 13.5. The highest BCUT2D eigenvalue weighted by atomic mass is 32.1. The predicted octanol–water partition coefficient (Wildman–Crippen LogP) is 5.30. The highest BCUT2D eigenvalue weighted by Crippen LogP contribution is 2.37. The Hall–Kier alpha value is -1.72. The third-order valence-corrected chi connectivity index (χ3v) is 4.03. The van der Waals surface area contributed by atoms with Crippen molar-refractivity contribution in [2.45, 2.75) is 24.7 Å². The molecule has 0 amide bonds. The summed E-state index contributed by atoms with van der Waals surface area (Å²) in [5, 5.41) is 3.84. The van der Waals surface area contributed by atoms with Crippen molar-refractivity contribution < 1.29 is 9.47 Å². The number of hydrogen-bond acceptors (Lipinski definition) is 5. The number of rotatable bonds is 7. The number of methoxy groups -OCH3 is 1. The standard InChI is InChI=1S/C18H21NO2S2/c1-3-4-10-19-15-11-13(18(23)20-2)12-16(22)17(15)21-14-8-6-5-7-9-14/h5-9,11-12,19,22H,3-4,10H2,1-2H3. The van der Waals surface area contributed by atoms with Crippen LogP contribution < -0.4 is 10.1 Å². The summed E-state index contributed by atoms with van der Waals surface area (Å²) in [5.74, 6) is 1.46. The van der Waals surface area contributed by atoms with E-state index in [4.69, 9.17) is 21.7 Å². The SMILES string of the molecule is CCCCNc1cc(C(=S)OC)cc(S)c1Oc1ccccc1. The van der Waals surface area contributed by atoms with Gasteiger partial charge < -0.3 is 14.8 Å². The average molecular weight is 348 g/mol. The van der Waals surface area contributed by atoms with Crippen molar-refractivity contribution in [2.75, 3.05) is 19.0 Å². The fraction of sp³-hybridized carbons (Fsp3) is 0.278. The van der Waals surface area contributed by atoms with Crippen LogP contribution in [0.4, 0.5) is 5.69 Å². The molecule has 0 aliphatic carbocycles. The average Bonchev–Trinajstić information content (AvgIpc) is 2.57. The Bertz CT molecular complexity index is 660. The molecule has 3 nitrogen and oxygen atoms in total. The topological polar surface area (TPSA) is 30.5 Å². The zero-order valence-electron chi connectivity index (χ0n) is 13.3. The van der Waals surface area contributed by atoms with E-state index in [2.05, 4.69) is 24.9 Å². The molecule has 2 aromatic carbocycles. The van der Waals surface area contributed by atoms with E-state index in [9.17, 15) is 0 Å². The third-order valence-electron chi connectivity index (χ3n) is 3.30. The monoisotopic (exact) mass is 347 g/mol. The molecule has 0 heterocycles. The van der Waals surface area contributed by atoms with Crippen LogP contribution in [0.15, 0.2) is 47.4 Å². The minimum Gasteiger partial charge on any atom is -0.486 e. The van der Waals surface area contributed by atoms with Crippen LogP contribution in [-0.2, 0) is 4.74 Å². The van der Waals surface area contributed by atoms with Crippen molar-refractivity contribution in [2.24, 2.45) is 0 Å². The molecule has 0 spiro atoms. The summed E-state index contributed by atoms with van der Waals surface area (Å²) in [6.45, 7) is 3.02. The summed E-state index contributed by atoms with van der Waals surface area (Å²) in [7, 11) is 1.57. The molecule has 0 bridgehead atoms. The Morgan fingerprint density at radius 3 is 2.61 bits per heavy atom. The highest BCUT2D eigenvalue weighted by molar-refractivity contribution is 7.80. The predicted molar refractivity (Wildman–Crippen MR) is 102 cm³/mol. The summed E-state index contributed by atoms with van der Waals surface area (Å²) in [4.78, 5) is 0.713. The number of hydrogen-bond donors (Lipinski definition) is 2. The van der Waals surface area contributed by atoms with Crippen molar-refractivity contribution >= 4 is 35.6 Å². The maximum atomic E-state index is 6.02. The van der Waals surface area contributed by atoms with Gasteiger partial charge in [0.1, 0.15) is 5.75 Å². The summed E-state index contributed by atoms with van der Waals surface area (Å²) < 4.78 is 11.2. The second kappa shape index (κ2) is 8.79. The lowest BCUT2D eigenvalue weighted by molar-refractivity contribution is 0.415. The molecule has 5 heteroatoms. The maximum Gasteiger partial charge on any atom is 0.190 e. The van der Waals surface area contributed by atoms with Gasteiger partial charge in [-0.15, -0.1) is 12.6 Å². The van der Waals surface area contributed by atoms with E-state index < -0.39 is 0 Å². The molecule has 0 atom stereocenters. The first-order valence-corrected chi connectivity index (χ1v) is 8.43. The van der Waals surface area contributed by atoms with Crippen LogP contribution >= 0.6 is 24.8 Å². The van der Waals surface area contributed by atoms with Crippen LogP contribution in [0.1, 0.15) is 25.3 Å². The van der Waals surface area contributed by atoms with Gasteiger partial charge in [-0.05, 0) is 42.9 Å². The number of nitrogens with one attached hydrogen (secondary N) is 1. The quantitative estimate of drug-likeness (QED) is 0.404. The number of anilines is 1. The van der Waals surface area contributed by atoms with Crippen LogP contribution in [-0.4, -0.2) is 18.7 Å². The molecule has 0 aromatic heterocycles. The normalized spacial score (nSPS) is 10.2. The van der Waals surface area contributed by atoms with Crippen molar-refractivity contribution in [3.05, 3.63) is 48.0 Å². The number of unbranched alkanes of at least 4 members (excludes halogenated alkanes) is 1.